The maximum Gasteiger partial charge on any atom is 0.255 e. The molecule has 0 aliphatic carbocycles. The van der Waals surface area contributed by atoms with Gasteiger partial charge in [-0.25, -0.2) is 8.78 Å². The van der Waals surface area contributed by atoms with Crippen LogP contribution < -0.4 is 0 Å². The molecule has 0 bridgehead atoms. The Kier molecular flexibility index (Phi) is 6.45. The molecule has 0 saturated carbocycles. The predicted octanol–water partition coefficient (Wildman–Crippen LogP) is 4.54. The number of thioether (sulfide) groups is 1. The minimum atomic E-state index is -1.03. The van der Waals surface area contributed by atoms with Crippen LogP contribution in [-0.2, 0) is 4.79 Å². The second-order valence-corrected chi connectivity index (χ2v) is 5.41. The van der Waals surface area contributed by atoms with E-state index in [0.29, 0.717) is 24.2 Å². The predicted molar refractivity (Wildman–Crippen MR) is 71.5 cm³/mol. The summed E-state index contributed by atoms with van der Waals surface area (Å²) in [5.74, 6) is -1.90. The number of halogens is 3. The van der Waals surface area contributed by atoms with Crippen LogP contribution in [0.15, 0.2) is 17.0 Å². The van der Waals surface area contributed by atoms with Gasteiger partial charge in [0.15, 0.2) is 5.12 Å². The molecule has 104 valence electrons. The van der Waals surface area contributed by atoms with Crippen LogP contribution in [-0.4, -0.2) is 10.4 Å². The molecule has 1 rings (SSSR count). The van der Waals surface area contributed by atoms with Gasteiger partial charge in [-0.1, -0.05) is 19.8 Å². The summed E-state index contributed by atoms with van der Waals surface area (Å²) in [6.07, 6.45) is 2.95. The van der Waals surface area contributed by atoms with E-state index in [2.05, 4.69) is 0 Å². The van der Waals surface area contributed by atoms with Crippen LogP contribution in [0, 0.1) is 11.6 Å². The van der Waals surface area contributed by atoms with Crippen molar-refractivity contribution in [1.82, 2.24) is 0 Å². The SMILES string of the molecule is CCCCCC(=O)Sc1cc(C(=O)Cl)c(F)cc1F. The van der Waals surface area contributed by atoms with Crippen molar-refractivity contribution in [2.75, 3.05) is 0 Å². The number of rotatable bonds is 6. The van der Waals surface area contributed by atoms with Crippen molar-refractivity contribution >= 4 is 33.7 Å². The highest BCUT2D eigenvalue weighted by Gasteiger charge is 2.16. The first-order chi connectivity index (χ1) is 8.95. The van der Waals surface area contributed by atoms with Crippen LogP contribution >= 0.6 is 23.4 Å². The molecule has 0 heterocycles. The third-order valence-corrected chi connectivity index (χ3v) is 3.61. The summed E-state index contributed by atoms with van der Waals surface area (Å²) in [4.78, 5) is 22.4. The van der Waals surface area contributed by atoms with Crippen molar-refractivity contribution in [1.29, 1.82) is 0 Å². The van der Waals surface area contributed by atoms with Crippen molar-refractivity contribution in [3.63, 3.8) is 0 Å². The van der Waals surface area contributed by atoms with Crippen molar-refractivity contribution in [2.45, 2.75) is 37.5 Å². The standard InChI is InChI=1S/C13H13ClF2O2S/c1-2-3-4-5-12(17)19-11-6-8(13(14)18)9(15)7-10(11)16/h6-7H,2-5H2,1H3. The average molecular weight is 307 g/mol. The van der Waals surface area contributed by atoms with Gasteiger partial charge in [0.25, 0.3) is 5.24 Å². The van der Waals surface area contributed by atoms with Crippen LogP contribution in [0.4, 0.5) is 8.78 Å². The Morgan fingerprint density at radius 1 is 1.21 bits per heavy atom. The van der Waals surface area contributed by atoms with Crippen molar-refractivity contribution in [3.05, 3.63) is 29.3 Å². The van der Waals surface area contributed by atoms with Gasteiger partial charge in [-0.3, -0.25) is 9.59 Å². The van der Waals surface area contributed by atoms with E-state index in [1.165, 1.54) is 0 Å². The fraction of sp³-hybridized carbons (Fsp3) is 0.385. The number of carbonyl (C=O) groups excluding carboxylic acids is 2. The number of benzene rings is 1. The van der Waals surface area contributed by atoms with Crippen LogP contribution in [0.2, 0.25) is 0 Å². The molecule has 0 aromatic heterocycles. The molecule has 0 spiro atoms. The van der Waals surface area contributed by atoms with Crippen molar-refractivity contribution < 1.29 is 18.4 Å². The summed E-state index contributed by atoms with van der Waals surface area (Å²) in [6, 6.07) is 1.54. The van der Waals surface area contributed by atoms with Gasteiger partial charge in [0.2, 0.25) is 0 Å². The minimum Gasteiger partial charge on any atom is -0.287 e. The molecule has 1 aromatic rings. The lowest BCUT2D eigenvalue weighted by molar-refractivity contribution is -0.111. The normalized spacial score (nSPS) is 10.5. The quantitative estimate of drug-likeness (QED) is 0.439. The maximum atomic E-state index is 13.5. The molecule has 0 atom stereocenters. The van der Waals surface area contributed by atoms with Crippen molar-refractivity contribution in [2.24, 2.45) is 0 Å². The summed E-state index contributed by atoms with van der Waals surface area (Å²) in [5, 5.41) is -1.23. The van der Waals surface area contributed by atoms with E-state index >= 15 is 0 Å². The molecular weight excluding hydrogens is 294 g/mol. The van der Waals surface area contributed by atoms with Gasteiger partial charge in [-0.05, 0) is 35.9 Å². The van der Waals surface area contributed by atoms with Gasteiger partial charge in [0.1, 0.15) is 11.6 Å². The smallest absolute Gasteiger partial charge is 0.255 e. The summed E-state index contributed by atoms with van der Waals surface area (Å²) in [6.45, 7) is 2.01. The second kappa shape index (κ2) is 7.60. The fourth-order valence-corrected chi connectivity index (χ4v) is 2.42. The molecule has 0 fully saturated rings. The molecule has 0 amide bonds. The Morgan fingerprint density at radius 2 is 1.89 bits per heavy atom. The molecule has 2 nitrogen and oxygen atoms in total. The highest BCUT2D eigenvalue weighted by Crippen LogP contribution is 2.27. The Hall–Kier alpha value is -0.940. The Morgan fingerprint density at radius 3 is 2.47 bits per heavy atom. The fourth-order valence-electron chi connectivity index (χ4n) is 1.45. The van der Waals surface area contributed by atoms with E-state index in [1.54, 1.807) is 0 Å². The van der Waals surface area contributed by atoms with E-state index in [9.17, 15) is 18.4 Å². The third-order valence-electron chi connectivity index (χ3n) is 2.44. The molecular formula is C13H13ClF2O2S. The van der Waals surface area contributed by atoms with E-state index in [4.69, 9.17) is 11.6 Å². The number of hydrogen-bond acceptors (Lipinski definition) is 3. The lowest BCUT2D eigenvalue weighted by Crippen LogP contribution is -1.99. The Bertz CT molecular complexity index is 492. The van der Waals surface area contributed by atoms with Crippen LogP contribution in [0.1, 0.15) is 43.0 Å². The first kappa shape index (κ1) is 16.1. The molecule has 0 aliphatic heterocycles. The molecule has 19 heavy (non-hydrogen) atoms. The largest absolute Gasteiger partial charge is 0.287 e. The monoisotopic (exact) mass is 306 g/mol. The first-order valence-corrected chi connectivity index (χ1v) is 7.04. The van der Waals surface area contributed by atoms with Crippen molar-refractivity contribution in [3.8, 4) is 0 Å². The Balaban J connectivity index is 2.80. The zero-order valence-corrected chi connectivity index (χ0v) is 11.9. The first-order valence-electron chi connectivity index (χ1n) is 5.85. The number of unbranched alkanes of at least 4 members (excludes halogenated alkanes) is 2. The van der Waals surface area contributed by atoms with E-state index < -0.39 is 22.4 Å². The highest BCUT2D eigenvalue weighted by molar-refractivity contribution is 8.13. The molecule has 0 unspecified atom stereocenters. The van der Waals surface area contributed by atoms with Gasteiger partial charge in [0.05, 0.1) is 10.5 Å². The highest BCUT2D eigenvalue weighted by atomic mass is 35.5. The zero-order valence-electron chi connectivity index (χ0n) is 10.3. The third kappa shape index (κ3) is 4.91. The van der Waals surface area contributed by atoms with Crippen LogP contribution in [0.25, 0.3) is 0 Å². The topological polar surface area (TPSA) is 34.1 Å². The molecule has 0 saturated heterocycles. The van der Waals surface area contributed by atoms with E-state index in [1.807, 2.05) is 6.92 Å². The van der Waals surface area contributed by atoms with Crippen LogP contribution in [0.3, 0.4) is 0 Å². The number of hydrogen-bond donors (Lipinski definition) is 0. The molecule has 0 aliphatic rings. The summed E-state index contributed by atoms with van der Waals surface area (Å²) >= 11 is 5.85. The second-order valence-electron chi connectivity index (χ2n) is 3.97. The lowest BCUT2D eigenvalue weighted by atomic mass is 10.2. The van der Waals surface area contributed by atoms with Gasteiger partial charge in [-0.15, -0.1) is 0 Å². The number of carbonyl (C=O) groups is 2. The molecule has 1 aromatic carbocycles. The van der Waals surface area contributed by atoms with Crippen LogP contribution in [0.5, 0.6) is 0 Å². The maximum absolute atomic E-state index is 13.5. The summed E-state index contributed by atoms with van der Waals surface area (Å²) < 4.78 is 26.7. The van der Waals surface area contributed by atoms with Gasteiger partial charge >= 0.3 is 0 Å². The molecule has 6 heteroatoms. The Labute approximate surface area is 119 Å². The van der Waals surface area contributed by atoms with E-state index in [-0.39, 0.29) is 10.0 Å². The van der Waals surface area contributed by atoms with Gasteiger partial charge in [-0.2, -0.15) is 0 Å². The average Bonchev–Trinajstić information content (AvgIpc) is 2.32. The molecule has 0 radical (unpaired) electrons. The van der Waals surface area contributed by atoms with E-state index in [0.717, 1.165) is 25.3 Å². The van der Waals surface area contributed by atoms with Gasteiger partial charge < -0.3 is 0 Å². The van der Waals surface area contributed by atoms with Gasteiger partial charge in [0, 0.05) is 12.5 Å². The lowest BCUT2D eigenvalue weighted by Gasteiger charge is -2.05. The summed E-state index contributed by atoms with van der Waals surface area (Å²) in [7, 11) is 0. The summed E-state index contributed by atoms with van der Waals surface area (Å²) in [5.41, 5.74) is -0.424. The minimum absolute atomic E-state index is 0.0769. The molecule has 0 N–H and O–H groups in total. The zero-order chi connectivity index (χ0) is 14.4.